The number of thioether (sulfide) groups is 1. The molecule has 0 bridgehead atoms. The number of carbonyl (C=O) groups excluding carboxylic acids is 2. The Labute approximate surface area is 82.0 Å². The van der Waals surface area contributed by atoms with Crippen LogP contribution in [0, 0.1) is 0 Å². The second-order valence-electron chi connectivity index (χ2n) is 2.31. The summed E-state index contributed by atoms with van der Waals surface area (Å²) in [6, 6.07) is 0. The lowest BCUT2D eigenvalue weighted by Gasteiger charge is -1.99. The molecule has 0 saturated carbocycles. The predicted molar refractivity (Wildman–Crippen MR) is 50.6 cm³/mol. The quantitative estimate of drug-likeness (QED) is 0.476. The topological polar surface area (TPSA) is 52.6 Å². The Bertz CT molecular complexity index is 152. The van der Waals surface area contributed by atoms with Crippen molar-refractivity contribution < 1.29 is 19.1 Å². The molecule has 0 aliphatic carbocycles. The first-order chi connectivity index (χ1) is 6.20. The second-order valence-corrected chi connectivity index (χ2v) is 3.41. The zero-order chi connectivity index (χ0) is 10.1. The van der Waals surface area contributed by atoms with Crippen LogP contribution in [0.15, 0.2) is 0 Å². The molecule has 0 aromatic heterocycles. The van der Waals surface area contributed by atoms with E-state index in [4.69, 9.17) is 0 Å². The standard InChI is InChI=1S/C8H14O4S/c1-11-7(9)4-3-5-13-6-8(10)12-2/h3-6H2,1-2H3. The number of rotatable bonds is 6. The van der Waals surface area contributed by atoms with Crippen molar-refractivity contribution in [3.05, 3.63) is 0 Å². The Hall–Kier alpha value is -0.710. The molecule has 76 valence electrons. The summed E-state index contributed by atoms with van der Waals surface area (Å²) in [6.45, 7) is 0. The SMILES string of the molecule is COC(=O)CCCSCC(=O)OC. The molecule has 0 heterocycles. The third-order valence-corrected chi connectivity index (χ3v) is 2.36. The average molecular weight is 206 g/mol. The maximum atomic E-state index is 10.6. The van der Waals surface area contributed by atoms with Crippen LogP contribution >= 0.6 is 11.8 Å². The first kappa shape index (κ1) is 12.3. The molecule has 0 aliphatic rings. The van der Waals surface area contributed by atoms with Crippen LogP contribution < -0.4 is 0 Å². The van der Waals surface area contributed by atoms with Gasteiger partial charge in [0.25, 0.3) is 0 Å². The number of carbonyl (C=O) groups is 2. The highest BCUT2D eigenvalue weighted by Crippen LogP contribution is 2.05. The summed E-state index contributed by atoms with van der Waals surface area (Å²) in [5.74, 6) is 0.670. The largest absolute Gasteiger partial charge is 0.469 e. The fraction of sp³-hybridized carbons (Fsp3) is 0.750. The van der Waals surface area contributed by atoms with Crippen LogP contribution in [0.3, 0.4) is 0 Å². The van der Waals surface area contributed by atoms with Gasteiger partial charge in [0.1, 0.15) is 0 Å². The Morgan fingerprint density at radius 1 is 1.15 bits per heavy atom. The predicted octanol–water partition coefficient (Wildman–Crippen LogP) is 0.846. The molecule has 0 spiro atoms. The number of hydrogen-bond acceptors (Lipinski definition) is 5. The minimum Gasteiger partial charge on any atom is -0.469 e. The Morgan fingerprint density at radius 3 is 2.31 bits per heavy atom. The normalized spacial score (nSPS) is 9.38. The number of esters is 2. The third kappa shape index (κ3) is 7.64. The molecule has 0 unspecified atom stereocenters. The maximum absolute atomic E-state index is 10.6. The van der Waals surface area contributed by atoms with E-state index in [1.54, 1.807) is 0 Å². The van der Waals surface area contributed by atoms with Gasteiger partial charge < -0.3 is 9.47 Å². The molecule has 0 fully saturated rings. The van der Waals surface area contributed by atoms with E-state index in [9.17, 15) is 9.59 Å². The van der Waals surface area contributed by atoms with Gasteiger partial charge in [0.15, 0.2) is 0 Å². The summed E-state index contributed by atoms with van der Waals surface area (Å²) >= 11 is 1.46. The molecule has 0 radical (unpaired) electrons. The minimum atomic E-state index is -0.233. The highest BCUT2D eigenvalue weighted by molar-refractivity contribution is 7.99. The molecule has 0 aromatic rings. The maximum Gasteiger partial charge on any atom is 0.315 e. The summed E-state index contributed by atoms with van der Waals surface area (Å²) in [6.07, 6.45) is 1.14. The van der Waals surface area contributed by atoms with Crippen LogP contribution in [0.5, 0.6) is 0 Å². The van der Waals surface area contributed by atoms with Crippen LogP contribution in [-0.4, -0.2) is 37.7 Å². The van der Waals surface area contributed by atoms with E-state index in [2.05, 4.69) is 9.47 Å². The van der Waals surface area contributed by atoms with Crippen molar-refractivity contribution in [2.45, 2.75) is 12.8 Å². The summed E-state index contributed by atoms with van der Waals surface area (Å²) in [4.78, 5) is 21.3. The fourth-order valence-corrected chi connectivity index (χ4v) is 1.41. The Morgan fingerprint density at radius 2 is 1.77 bits per heavy atom. The molecule has 13 heavy (non-hydrogen) atoms. The summed E-state index contributed by atoms with van der Waals surface area (Å²) < 4.78 is 8.91. The molecule has 0 aliphatic heterocycles. The summed E-state index contributed by atoms with van der Waals surface area (Å²) in [5.41, 5.74) is 0. The van der Waals surface area contributed by atoms with Crippen molar-refractivity contribution in [1.29, 1.82) is 0 Å². The second kappa shape index (κ2) is 7.91. The highest BCUT2D eigenvalue weighted by Gasteiger charge is 2.02. The zero-order valence-corrected chi connectivity index (χ0v) is 8.69. The molecular weight excluding hydrogens is 192 g/mol. The van der Waals surface area contributed by atoms with Crippen molar-refractivity contribution in [2.75, 3.05) is 25.7 Å². The first-order valence-electron chi connectivity index (χ1n) is 3.92. The van der Waals surface area contributed by atoms with Gasteiger partial charge in [-0.05, 0) is 12.2 Å². The van der Waals surface area contributed by atoms with Crippen LogP contribution in [0.4, 0.5) is 0 Å². The van der Waals surface area contributed by atoms with Gasteiger partial charge in [-0.25, -0.2) is 0 Å². The van der Waals surface area contributed by atoms with Crippen LogP contribution in [0.1, 0.15) is 12.8 Å². The Balaban J connectivity index is 3.17. The molecule has 0 N–H and O–H groups in total. The van der Waals surface area contributed by atoms with Gasteiger partial charge in [-0.2, -0.15) is 11.8 Å². The molecule has 5 heteroatoms. The van der Waals surface area contributed by atoms with E-state index in [1.165, 1.54) is 26.0 Å². The van der Waals surface area contributed by atoms with Crippen LogP contribution in [0.2, 0.25) is 0 Å². The van der Waals surface area contributed by atoms with Crippen molar-refractivity contribution in [3.63, 3.8) is 0 Å². The van der Waals surface area contributed by atoms with Gasteiger partial charge >= 0.3 is 11.9 Å². The van der Waals surface area contributed by atoms with Crippen molar-refractivity contribution >= 4 is 23.7 Å². The number of hydrogen-bond donors (Lipinski definition) is 0. The smallest absolute Gasteiger partial charge is 0.315 e. The molecule has 4 nitrogen and oxygen atoms in total. The number of methoxy groups -OCH3 is 2. The monoisotopic (exact) mass is 206 g/mol. The van der Waals surface area contributed by atoms with Gasteiger partial charge in [0.05, 0.1) is 20.0 Å². The summed E-state index contributed by atoms with van der Waals surface area (Å²) in [7, 11) is 2.72. The van der Waals surface area contributed by atoms with Crippen molar-refractivity contribution in [3.8, 4) is 0 Å². The van der Waals surface area contributed by atoms with Gasteiger partial charge in [-0.3, -0.25) is 9.59 Å². The number of ether oxygens (including phenoxy) is 2. The first-order valence-corrected chi connectivity index (χ1v) is 5.07. The highest BCUT2D eigenvalue weighted by atomic mass is 32.2. The lowest BCUT2D eigenvalue weighted by atomic mass is 10.3. The van der Waals surface area contributed by atoms with E-state index in [0.29, 0.717) is 12.2 Å². The van der Waals surface area contributed by atoms with Gasteiger partial charge in [0, 0.05) is 6.42 Å². The van der Waals surface area contributed by atoms with E-state index >= 15 is 0 Å². The van der Waals surface area contributed by atoms with Crippen molar-refractivity contribution in [2.24, 2.45) is 0 Å². The summed E-state index contributed by atoms with van der Waals surface area (Å²) in [5, 5.41) is 0. The van der Waals surface area contributed by atoms with Crippen LogP contribution in [-0.2, 0) is 19.1 Å². The molecule has 0 atom stereocenters. The Kier molecular flexibility index (Phi) is 7.48. The van der Waals surface area contributed by atoms with E-state index < -0.39 is 0 Å². The lowest BCUT2D eigenvalue weighted by molar-refractivity contribution is -0.140. The minimum absolute atomic E-state index is 0.210. The fourth-order valence-electron chi connectivity index (χ4n) is 0.635. The van der Waals surface area contributed by atoms with E-state index in [1.807, 2.05) is 0 Å². The molecular formula is C8H14O4S. The molecule has 0 aromatic carbocycles. The molecule has 0 rings (SSSR count). The average Bonchev–Trinajstić information content (AvgIpc) is 2.16. The molecule has 0 amide bonds. The third-order valence-electron chi connectivity index (χ3n) is 1.34. The molecule has 0 saturated heterocycles. The zero-order valence-electron chi connectivity index (χ0n) is 7.87. The van der Waals surface area contributed by atoms with Crippen molar-refractivity contribution in [1.82, 2.24) is 0 Å². The van der Waals surface area contributed by atoms with E-state index in [-0.39, 0.29) is 11.9 Å². The van der Waals surface area contributed by atoms with Crippen LogP contribution in [0.25, 0.3) is 0 Å². The lowest BCUT2D eigenvalue weighted by Crippen LogP contribution is -2.05. The van der Waals surface area contributed by atoms with Gasteiger partial charge in [0.2, 0.25) is 0 Å². The van der Waals surface area contributed by atoms with Gasteiger partial charge in [-0.1, -0.05) is 0 Å². The van der Waals surface area contributed by atoms with Gasteiger partial charge in [-0.15, -0.1) is 0 Å². The van der Waals surface area contributed by atoms with E-state index in [0.717, 1.165) is 12.2 Å².